The van der Waals surface area contributed by atoms with Gasteiger partial charge in [-0.25, -0.2) is 4.79 Å². The number of aromatic nitrogens is 4. The lowest BCUT2D eigenvalue weighted by Crippen LogP contribution is -2.19. The summed E-state index contributed by atoms with van der Waals surface area (Å²) in [6.45, 7) is 1.75. The van der Waals surface area contributed by atoms with E-state index in [1.165, 1.54) is 23.9 Å². The van der Waals surface area contributed by atoms with Crippen LogP contribution in [0.5, 0.6) is 5.75 Å². The number of methoxy groups -OCH3 is 1. The first-order valence-corrected chi connectivity index (χ1v) is 9.43. The summed E-state index contributed by atoms with van der Waals surface area (Å²) in [6, 6.07) is 7.68. The van der Waals surface area contributed by atoms with Crippen molar-refractivity contribution in [3.05, 3.63) is 64.0 Å². The van der Waals surface area contributed by atoms with Crippen molar-refractivity contribution >= 4 is 18.1 Å². The number of H-pyrrole nitrogens is 1. The SMILES string of the molecule is CCOC(=O)Cn1cc(C=Cc2cc(C(F)(F)F)[nH]c(=O)n2)c(-c2ccc(OC)cc2)n1. The van der Waals surface area contributed by atoms with Crippen molar-refractivity contribution in [3.63, 3.8) is 0 Å². The van der Waals surface area contributed by atoms with Crippen LogP contribution in [0, 0.1) is 0 Å². The normalized spacial score (nSPS) is 11.7. The van der Waals surface area contributed by atoms with Crippen LogP contribution in [-0.2, 0) is 22.3 Å². The molecule has 3 rings (SSSR count). The highest BCUT2D eigenvalue weighted by Crippen LogP contribution is 2.28. The molecule has 0 saturated carbocycles. The zero-order valence-corrected chi connectivity index (χ0v) is 17.1. The Kier molecular flexibility index (Phi) is 6.76. The van der Waals surface area contributed by atoms with Gasteiger partial charge in [0.05, 0.1) is 25.1 Å². The summed E-state index contributed by atoms with van der Waals surface area (Å²) in [7, 11) is 1.53. The highest BCUT2D eigenvalue weighted by atomic mass is 19.4. The molecule has 3 aromatic rings. The molecule has 8 nitrogen and oxygen atoms in total. The fourth-order valence-corrected chi connectivity index (χ4v) is 2.84. The minimum atomic E-state index is -4.72. The number of benzene rings is 1. The van der Waals surface area contributed by atoms with Gasteiger partial charge in [0.25, 0.3) is 0 Å². The molecule has 2 heterocycles. The molecule has 1 aromatic carbocycles. The van der Waals surface area contributed by atoms with Crippen LogP contribution < -0.4 is 10.4 Å². The topological polar surface area (TPSA) is 99.1 Å². The Balaban J connectivity index is 2.00. The molecule has 1 N–H and O–H groups in total. The van der Waals surface area contributed by atoms with E-state index in [-0.39, 0.29) is 18.8 Å². The molecule has 0 bridgehead atoms. The van der Waals surface area contributed by atoms with Gasteiger partial charge in [0.15, 0.2) is 0 Å². The van der Waals surface area contributed by atoms with Gasteiger partial charge < -0.3 is 14.5 Å². The monoisotopic (exact) mass is 448 g/mol. The van der Waals surface area contributed by atoms with Gasteiger partial charge in [-0.1, -0.05) is 0 Å². The number of carbonyl (C=O) groups is 1. The number of carbonyl (C=O) groups excluding carboxylic acids is 1. The molecule has 0 unspecified atom stereocenters. The van der Waals surface area contributed by atoms with E-state index >= 15 is 0 Å². The van der Waals surface area contributed by atoms with Crippen LogP contribution in [0.1, 0.15) is 23.9 Å². The quantitative estimate of drug-likeness (QED) is 0.557. The predicted octanol–water partition coefficient (Wildman–Crippen LogP) is 3.39. The van der Waals surface area contributed by atoms with E-state index < -0.39 is 23.5 Å². The van der Waals surface area contributed by atoms with Gasteiger partial charge in [0, 0.05) is 17.3 Å². The van der Waals surface area contributed by atoms with Gasteiger partial charge in [-0.3, -0.25) is 9.48 Å². The molecule has 0 atom stereocenters. The van der Waals surface area contributed by atoms with Crippen molar-refractivity contribution in [2.24, 2.45) is 0 Å². The first-order valence-electron chi connectivity index (χ1n) is 9.43. The third kappa shape index (κ3) is 5.62. The van der Waals surface area contributed by atoms with E-state index in [1.807, 2.05) is 0 Å². The van der Waals surface area contributed by atoms with E-state index in [9.17, 15) is 22.8 Å². The summed E-state index contributed by atoms with van der Waals surface area (Å²) in [5.41, 5.74) is -0.856. The molecule has 2 aromatic heterocycles. The van der Waals surface area contributed by atoms with E-state index in [4.69, 9.17) is 9.47 Å². The molecule has 0 radical (unpaired) electrons. The number of hydrogen-bond donors (Lipinski definition) is 1. The smallest absolute Gasteiger partial charge is 0.431 e. The molecular formula is C21H19F3N4O4. The molecule has 0 saturated heterocycles. The summed E-state index contributed by atoms with van der Waals surface area (Å²) >= 11 is 0. The fourth-order valence-electron chi connectivity index (χ4n) is 2.84. The Morgan fingerprint density at radius 2 is 1.94 bits per heavy atom. The fraction of sp³-hybridized carbons (Fsp3) is 0.238. The second kappa shape index (κ2) is 9.50. The first kappa shape index (κ1) is 22.8. The second-order valence-corrected chi connectivity index (χ2v) is 6.52. The van der Waals surface area contributed by atoms with Gasteiger partial charge >= 0.3 is 17.8 Å². The van der Waals surface area contributed by atoms with Crippen molar-refractivity contribution < 1.29 is 27.4 Å². The lowest BCUT2D eigenvalue weighted by Gasteiger charge is -2.05. The summed E-state index contributed by atoms with van der Waals surface area (Å²) in [4.78, 5) is 28.6. The highest BCUT2D eigenvalue weighted by molar-refractivity contribution is 5.78. The largest absolute Gasteiger partial charge is 0.497 e. The van der Waals surface area contributed by atoms with Crippen LogP contribution in [-0.4, -0.2) is 39.4 Å². The van der Waals surface area contributed by atoms with E-state index in [2.05, 4.69) is 10.1 Å². The number of nitrogens with zero attached hydrogens (tertiary/aromatic N) is 3. The number of esters is 1. The standard InChI is InChI=1S/C21H19F3N4O4/c1-3-32-18(29)12-28-11-14(19(27-28)13-5-8-16(31-2)9-6-13)4-7-15-10-17(21(22,23)24)26-20(30)25-15/h4-11H,3,12H2,1-2H3,(H,25,26,30). The van der Waals surface area contributed by atoms with E-state index in [0.29, 0.717) is 22.6 Å². The summed E-state index contributed by atoms with van der Waals surface area (Å²) in [6.07, 6.45) is -0.437. The minimum Gasteiger partial charge on any atom is -0.497 e. The molecule has 0 fully saturated rings. The summed E-state index contributed by atoms with van der Waals surface area (Å²) in [5, 5.41) is 4.40. The summed E-state index contributed by atoms with van der Waals surface area (Å²) in [5.74, 6) is 0.141. The third-order valence-electron chi connectivity index (χ3n) is 4.25. The number of hydrogen-bond acceptors (Lipinski definition) is 6. The molecule has 0 aliphatic heterocycles. The minimum absolute atomic E-state index is 0.147. The second-order valence-electron chi connectivity index (χ2n) is 6.52. The number of ether oxygens (including phenoxy) is 2. The average Bonchev–Trinajstić information content (AvgIpc) is 3.14. The maximum absolute atomic E-state index is 13.0. The van der Waals surface area contributed by atoms with Crippen molar-refractivity contribution in [1.29, 1.82) is 0 Å². The van der Waals surface area contributed by atoms with Gasteiger partial charge in [0.2, 0.25) is 0 Å². The Bertz CT molecular complexity index is 1180. The molecule has 0 amide bonds. The van der Waals surface area contributed by atoms with E-state index in [0.717, 1.165) is 6.07 Å². The molecule has 168 valence electrons. The molecular weight excluding hydrogens is 429 g/mol. The third-order valence-corrected chi connectivity index (χ3v) is 4.25. The van der Waals surface area contributed by atoms with Gasteiger partial charge in [0.1, 0.15) is 18.0 Å². The van der Waals surface area contributed by atoms with Crippen LogP contribution >= 0.6 is 0 Å². The van der Waals surface area contributed by atoms with Gasteiger partial charge in [-0.2, -0.15) is 23.3 Å². The lowest BCUT2D eigenvalue weighted by molar-refractivity contribution is -0.144. The highest BCUT2D eigenvalue weighted by Gasteiger charge is 2.32. The Labute approximate surface area is 180 Å². The number of nitrogens with one attached hydrogen (secondary N) is 1. The van der Waals surface area contributed by atoms with Crippen LogP contribution in [0.25, 0.3) is 23.4 Å². The Hall–Kier alpha value is -3.89. The van der Waals surface area contributed by atoms with Gasteiger partial charge in [-0.15, -0.1) is 0 Å². The van der Waals surface area contributed by atoms with Gasteiger partial charge in [-0.05, 0) is 49.4 Å². The van der Waals surface area contributed by atoms with Crippen molar-refractivity contribution in [2.75, 3.05) is 13.7 Å². The van der Waals surface area contributed by atoms with Crippen LogP contribution in [0.3, 0.4) is 0 Å². The van der Waals surface area contributed by atoms with Crippen LogP contribution in [0.2, 0.25) is 0 Å². The lowest BCUT2D eigenvalue weighted by atomic mass is 10.1. The number of rotatable bonds is 7. The van der Waals surface area contributed by atoms with Crippen molar-refractivity contribution in [1.82, 2.24) is 19.7 Å². The molecule has 32 heavy (non-hydrogen) atoms. The summed E-state index contributed by atoms with van der Waals surface area (Å²) < 4.78 is 50.3. The van der Waals surface area contributed by atoms with Crippen LogP contribution in [0.15, 0.2) is 41.3 Å². The zero-order chi connectivity index (χ0) is 23.3. The number of aromatic amines is 1. The molecule has 0 aliphatic carbocycles. The zero-order valence-electron chi connectivity index (χ0n) is 17.1. The maximum Gasteiger partial charge on any atom is 0.431 e. The number of alkyl halides is 3. The van der Waals surface area contributed by atoms with Crippen LogP contribution in [0.4, 0.5) is 13.2 Å². The first-order chi connectivity index (χ1) is 15.2. The predicted molar refractivity (Wildman–Crippen MR) is 110 cm³/mol. The Morgan fingerprint density at radius 3 is 2.56 bits per heavy atom. The van der Waals surface area contributed by atoms with Crippen molar-refractivity contribution in [2.45, 2.75) is 19.6 Å². The molecule has 11 heteroatoms. The maximum atomic E-state index is 13.0. The molecule has 0 spiro atoms. The number of halogens is 3. The van der Waals surface area contributed by atoms with E-state index in [1.54, 1.807) is 42.4 Å². The van der Waals surface area contributed by atoms with Crippen molar-refractivity contribution in [3.8, 4) is 17.0 Å². The Morgan fingerprint density at radius 1 is 1.22 bits per heavy atom. The average molecular weight is 448 g/mol. The molecule has 0 aliphatic rings.